The maximum Gasteiger partial charge on any atom is 0.410 e. The first kappa shape index (κ1) is 31.1. The number of likely N-dealkylation sites (N-methyl/N-ethyl adjacent to an activating group) is 1. The normalized spacial score (nSPS) is 19.3. The van der Waals surface area contributed by atoms with Crippen molar-refractivity contribution in [3.8, 4) is 0 Å². The van der Waals surface area contributed by atoms with E-state index in [1.165, 1.54) is 17.5 Å². The van der Waals surface area contributed by atoms with E-state index in [1.807, 2.05) is 50.2 Å². The third kappa shape index (κ3) is 6.77. The van der Waals surface area contributed by atoms with Crippen LogP contribution in [-0.4, -0.2) is 58.3 Å². The number of benzene rings is 2. The number of fused-ring (bicyclic) bond motifs is 2. The fraction of sp³-hybridized carbons (Fsp3) is 0.515. The molecular formula is C33H44N4O5. The molecule has 0 bridgehead atoms. The van der Waals surface area contributed by atoms with Crippen LogP contribution in [0.5, 0.6) is 0 Å². The van der Waals surface area contributed by atoms with Gasteiger partial charge in [-0.25, -0.2) is 4.79 Å². The SMILES string of the molecule is CC(C)[C@H](NC(=O)[C@H](C)N(C)C(=O)OC(C)(C)C)C(=O)N1Cc2ccccc2C1C(=O)N[C@@H]1CCCc2ccccc21. The van der Waals surface area contributed by atoms with Crippen molar-refractivity contribution in [2.75, 3.05) is 7.05 Å². The van der Waals surface area contributed by atoms with E-state index in [0.717, 1.165) is 36.0 Å². The summed E-state index contributed by atoms with van der Waals surface area (Å²) in [5.74, 6) is -1.32. The first-order chi connectivity index (χ1) is 19.8. The van der Waals surface area contributed by atoms with Crippen LogP contribution in [0.1, 0.15) is 88.7 Å². The number of hydrogen-bond acceptors (Lipinski definition) is 5. The van der Waals surface area contributed by atoms with Crippen LogP contribution in [0.4, 0.5) is 4.79 Å². The minimum atomic E-state index is -0.896. The molecule has 4 rings (SSSR count). The molecule has 1 aliphatic heterocycles. The summed E-state index contributed by atoms with van der Waals surface area (Å²) >= 11 is 0. The summed E-state index contributed by atoms with van der Waals surface area (Å²) in [5.41, 5.74) is 3.35. The number of carbonyl (C=O) groups excluding carboxylic acids is 4. The molecule has 4 atom stereocenters. The molecule has 2 N–H and O–H groups in total. The lowest BCUT2D eigenvalue weighted by atomic mass is 9.87. The Hall–Kier alpha value is -3.88. The Balaban J connectivity index is 1.54. The van der Waals surface area contributed by atoms with E-state index in [0.29, 0.717) is 0 Å². The molecular weight excluding hydrogens is 532 g/mol. The Morgan fingerprint density at radius 2 is 1.57 bits per heavy atom. The molecule has 9 nitrogen and oxygen atoms in total. The highest BCUT2D eigenvalue weighted by Gasteiger charge is 2.43. The largest absolute Gasteiger partial charge is 0.444 e. The molecule has 2 aliphatic rings. The average molecular weight is 577 g/mol. The predicted octanol–water partition coefficient (Wildman–Crippen LogP) is 4.66. The molecule has 0 radical (unpaired) electrons. The zero-order valence-corrected chi connectivity index (χ0v) is 25.8. The number of ether oxygens (including phenoxy) is 1. The Morgan fingerprint density at radius 1 is 0.952 bits per heavy atom. The van der Waals surface area contributed by atoms with Crippen LogP contribution < -0.4 is 10.6 Å². The standard InChI is InChI=1S/C33H44N4O5/c1-20(2)27(35-29(38)21(3)36(7)32(41)42-33(4,5)6)31(40)37-19-23-14-9-11-17-25(23)28(37)30(39)34-26-18-12-15-22-13-8-10-16-24(22)26/h8-11,13-14,16-17,20-21,26-28H,12,15,18-19H2,1-7H3,(H,34,39)(H,35,38)/t21-,26+,27-,28?/m0/s1. The maximum absolute atomic E-state index is 14.1. The van der Waals surface area contributed by atoms with Gasteiger partial charge in [0.2, 0.25) is 17.7 Å². The fourth-order valence-corrected chi connectivity index (χ4v) is 5.66. The van der Waals surface area contributed by atoms with E-state index < -0.39 is 35.7 Å². The van der Waals surface area contributed by atoms with Crippen molar-refractivity contribution in [2.45, 2.75) is 97.1 Å². The topological polar surface area (TPSA) is 108 Å². The second-order valence-electron chi connectivity index (χ2n) is 12.7. The smallest absolute Gasteiger partial charge is 0.410 e. The Morgan fingerprint density at radius 3 is 2.21 bits per heavy atom. The Kier molecular flexibility index (Phi) is 9.28. The van der Waals surface area contributed by atoms with Crippen LogP contribution in [-0.2, 0) is 32.1 Å². The van der Waals surface area contributed by atoms with Crippen LogP contribution in [0.25, 0.3) is 0 Å². The van der Waals surface area contributed by atoms with Gasteiger partial charge in [-0.05, 0) is 75.1 Å². The molecule has 2 aromatic carbocycles. The Labute approximate surface area is 249 Å². The maximum atomic E-state index is 14.1. The summed E-state index contributed by atoms with van der Waals surface area (Å²) < 4.78 is 5.40. The van der Waals surface area contributed by atoms with Crippen molar-refractivity contribution >= 4 is 23.8 Å². The van der Waals surface area contributed by atoms with E-state index in [9.17, 15) is 19.2 Å². The van der Waals surface area contributed by atoms with Crippen molar-refractivity contribution in [3.63, 3.8) is 0 Å². The van der Waals surface area contributed by atoms with Gasteiger partial charge in [-0.1, -0.05) is 62.4 Å². The highest BCUT2D eigenvalue weighted by molar-refractivity contribution is 5.95. The Bertz CT molecular complexity index is 1330. The number of rotatable bonds is 7. The summed E-state index contributed by atoms with van der Waals surface area (Å²) in [6, 6.07) is 13.0. The summed E-state index contributed by atoms with van der Waals surface area (Å²) in [4.78, 5) is 56.7. The summed E-state index contributed by atoms with van der Waals surface area (Å²) in [5, 5.41) is 6.10. The zero-order valence-electron chi connectivity index (χ0n) is 25.8. The summed E-state index contributed by atoms with van der Waals surface area (Å²) in [7, 11) is 1.49. The van der Waals surface area contributed by atoms with Gasteiger partial charge in [0.25, 0.3) is 0 Å². The summed E-state index contributed by atoms with van der Waals surface area (Å²) in [6.45, 7) is 10.8. The van der Waals surface area contributed by atoms with Crippen LogP contribution >= 0.6 is 0 Å². The highest BCUT2D eigenvalue weighted by atomic mass is 16.6. The van der Waals surface area contributed by atoms with Crippen LogP contribution in [0.15, 0.2) is 48.5 Å². The molecule has 1 heterocycles. The molecule has 0 fully saturated rings. The number of nitrogens with zero attached hydrogens (tertiary/aromatic N) is 2. The lowest BCUT2D eigenvalue weighted by Crippen LogP contribution is -2.56. The number of hydrogen-bond donors (Lipinski definition) is 2. The van der Waals surface area contributed by atoms with Gasteiger partial charge >= 0.3 is 6.09 Å². The molecule has 0 aromatic heterocycles. The van der Waals surface area contributed by atoms with E-state index >= 15 is 0 Å². The fourth-order valence-electron chi connectivity index (χ4n) is 5.66. The van der Waals surface area contributed by atoms with E-state index in [1.54, 1.807) is 32.6 Å². The van der Waals surface area contributed by atoms with Gasteiger partial charge in [-0.2, -0.15) is 0 Å². The van der Waals surface area contributed by atoms with Crippen LogP contribution in [0.3, 0.4) is 0 Å². The average Bonchev–Trinajstić information content (AvgIpc) is 3.33. The van der Waals surface area contributed by atoms with Crippen molar-refractivity contribution < 1.29 is 23.9 Å². The molecule has 1 aliphatic carbocycles. The minimum absolute atomic E-state index is 0.128. The van der Waals surface area contributed by atoms with Crippen molar-refractivity contribution in [2.24, 2.45) is 5.92 Å². The first-order valence-electron chi connectivity index (χ1n) is 14.8. The number of amides is 4. The monoisotopic (exact) mass is 576 g/mol. The van der Waals surface area contributed by atoms with Gasteiger partial charge in [0.1, 0.15) is 23.7 Å². The van der Waals surface area contributed by atoms with Gasteiger partial charge in [0.05, 0.1) is 6.04 Å². The molecule has 0 spiro atoms. The third-order valence-corrected chi connectivity index (χ3v) is 8.09. The minimum Gasteiger partial charge on any atom is -0.444 e. The van der Waals surface area contributed by atoms with Crippen LogP contribution in [0, 0.1) is 5.92 Å². The number of carbonyl (C=O) groups is 4. The number of aryl methyl sites for hydroxylation is 1. The van der Waals surface area contributed by atoms with Crippen molar-refractivity contribution in [1.29, 1.82) is 0 Å². The van der Waals surface area contributed by atoms with Gasteiger partial charge < -0.3 is 20.3 Å². The van der Waals surface area contributed by atoms with Gasteiger partial charge in [0, 0.05) is 13.6 Å². The molecule has 42 heavy (non-hydrogen) atoms. The predicted molar refractivity (Wildman–Crippen MR) is 160 cm³/mol. The van der Waals surface area contributed by atoms with Gasteiger partial charge in [-0.3, -0.25) is 19.3 Å². The van der Waals surface area contributed by atoms with E-state index in [-0.39, 0.29) is 30.3 Å². The molecule has 4 amide bonds. The zero-order chi connectivity index (χ0) is 30.8. The summed E-state index contributed by atoms with van der Waals surface area (Å²) in [6.07, 6.45) is 2.16. The molecule has 1 unspecified atom stereocenters. The molecule has 226 valence electrons. The molecule has 2 aromatic rings. The van der Waals surface area contributed by atoms with Crippen molar-refractivity contribution in [1.82, 2.24) is 20.4 Å². The van der Waals surface area contributed by atoms with E-state index in [2.05, 4.69) is 22.8 Å². The van der Waals surface area contributed by atoms with Gasteiger partial charge in [-0.15, -0.1) is 0 Å². The van der Waals surface area contributed by atoms with Crippen LogP contribution in [0.2, 0.25) is 0 Å². The quantitative estimate of drug-likeness (QED) is 0.499. The second kappa shape index (κ2) is 12.5. The molecule has 9 heteroatoms. The second-order valence-corrected chi connectivity index (χ2v) is 12.7. The van der Waals surface area contributed by atoms with Gasteiger partial charge in [0.15, 0.2) is 0 Å². The highest BCUT2D eigenvalue weighted by Crippen LogP contribution is 2.37. The lowest BCUT2D eigenvalue weighted by Gasteiger charge is -2.34. The van der Waals surface area contributed by atoms with E-state index in [4.69, 9.17) is 4.74 Å². The lowest BCUT2D eigenvalue weighted by molar-refractivity contribution is -0.145. The third-order valence-electron chi connectivity index (χ3n) is 8.09. The number of nitrogens with one attached hydrogen (secondary N) is 2. The molecule has 0 saturated carbocycles. The van der Waals surface area contributed by atoms with Crippen molar-refractivity contribution in [3.05, 3.63) is 70.8 Å². The first-order valence-corrected chi connectivity index (χ1v) is 14.8. The molecule has 0 saturated heterocycles.